The number of carbonyl (C=O) groups excluding carboxylic acids is 2. The van der Waals surface area contributed by atoms with E-state index in [-0.39, 0.29) is 35.4 Å². The first kappa shape index (κ1) is 32.2. The summed E-state index contributed by atoms with van der Waals surface area (Å²) in [6, 6.07) is 0. The van der Waals surface area contributed by atoms with Crippen LogP contribution in [0.2, 0.25) is 0 Å². The first-order valence-electron chi connectivity index (χ1n) is 12.5. The number of carbonyl (C=O) groups is 2. The van der Waals surface area contributed by atoms with Gasteiger partial charge in [-0.25, -0.2) is 0 Å². The van der Waals surface area contributed by atoms with Gasteiger partial charge in [0, 0.05) is 32.5 Å². The number of aliphatic hydroxyl groups is 1. The molecule has 0 aromatic rings. The summed E-state index contributed by atoms with van der Waals surface area (Å²) < 4.78 is 10.9. The zero-order chi connectivity index (χ0) is 26.3. The van der Waals surface area contributed by atoms with Crippen molar-refractivity contribution in [3.63, 3.8) is 0 Å². The second-order valence-electron chi connectivity index (χ2n) is 9.33. The van der Waals surface area contributed by atoms with Crippen molar-refractivity contribution in [1.82, 2.24) is 0 Å². The molecule has 0 saturated heterocycles. The average Bonchev–Trinajstić information content (AvgIpc) is 2.81. The van der Waals surface area contributed by atoms with Crippen LogP contribution in [-0.4, -0.2) is 49.2 Å². The molecule has 6 atom stereocenters. The van der Waals surface area contributed by atoms with Gasteiger partial charge >= 0.3 is 0 Å². The number of hydrogen-bond acceptors (Lipinski definition) is 5. The molecule has 0 aliphatic heterocycles. The van der Waals surface area contributed by atoms with Crippen LogP contribution in [0, 0.1) is 17.8 Å². The van der Waals surface area contributed by atoms with Crippen LogP contribution < -0.4 is 0 Å². The number of Topliss-reactive ketones (excluding diaryl/α,β-unsaturated/α-hetero) is 2. The van der Waals surface area contributed by atoms with Crippen LogP contribution in [0.5, 0.6) is 0 Å². The lowest BCUT2D eigenvalue weighted by Gasteiger charge is -2.25. The lowest BCUT2D eigenvalue weighted by Crippen LogP contribution is -2.40. The maximum atomic E-state index is 13.0. The fourth-order valence-corrected chi connectivity index (χ4v) is 4.01. The highest BCUT2D eigenvalue weighted by Crippen LogP contribution is 2.21. The normalized spacial score (nSPS) is 18.6. The second-order valence-corrected chi connectivity index (χ2v) is 9.33. The Hall–Kier alpha value is -1.82. The Morgan fingerprint density at radius 2 is 1.59 bits per heavy atom. The first-order valence-corrected chi connectivity index (χ1v) is 12.5. The third kappa shape index (κ3) is 11.5. The van der Waals surface area contributed by atoms with Gasteiger partial charge in [0.1, 0.15) is 18.0 Å². The van der Waals surface area contributed by atoms with Crippen LogP contribution in [0.1, 0.15) is 74.1 Å². The maximum absolute atomic E-state index is 13.0. The van der Waals surface area contributed by atoms with Gasteiger partial charge in [0.2, 0.25) is 0 Å². The van der Waals surface area contributed by atoms with E-state index in [0.29, 0.717) is 18.4 Å². The van der Waals surface area contributed by atoms with Crippen molar-refractivity contribution < 1.29 is 24.2 Å². The fraction of sp³-hybridized carbons (Fsp3) is 0.655. The van der Waals surface area contributed by atoms with Crippen molar-refractivity contribution in [3.05, 3.63) is 47.6 Å². The Kier molecular flexibility index (Phi) is 16.6. The van der Waals surface area contributed by atoms with Crippen LogP contribution in [0.3, 0.4) is 0 Å². The molecule has 0 amide bonds. The van der Waals surface area contributed by atoms with E-state index in [1.807, 2.05) is 32.1 Å². The van der Waals surface area contributed by atoms with Crippen molar-refractivity contribution in [3.8, 4) is 0 Å². The molecule has 194 valence electrons. The van der Waals surface area contributed by atoms with Gasteiger partial charge in [-0.2, -0.15) is 0 Å². The van der Waals surface area contributed by atoms with Gasteiger partial charge in [-0.1, -0.05) is 77.5 Å². The molecule has 0 saturated carbocycles. The van der Waals surface area contributed by atoms with Gasteiger partial charge < -0.3 is 14.6 Å². The number of aliphatic hydroxyl groups excluding tert-OH is 1. The third-order valence-corrected chi connectivity index (χ3v) is 6.23. The predicted octanol–water partition coefficient (Wildman–Crippen LogP) is 6.03. The van der Waals surface area contributed by atoms with Gasteiger partial charge in [0.25, 0.3) is 0 Å². The smallest absolute Gasteiger partial charge is 0.167 e. The van der Waals surface area contributed by atoms with E-state index in [1.165, 1.54) is 12.7 Å². The Labute approximate surface area is 208 Å². The van der Waals surface area contributed by atoms with Crippen molar-refractivity contribution >= 4 is 11.6 Å². The molecule has 0 aromatic heterocycles. The number of allylic oxidation sites excluding steroid dienone is 6. The zero-order valence-corrected chi connectivity index (χ0v) is 22.8. The summed E-state index contributed by atoms with van der Waals surface area (Å²) in [7, 11) is 3.18. The molecule has 0 aliphatic rings. The molecule has 1 N–H and O–H groups in total. The number of hydrogen-bond donors (Lipinski definition) is 1. The molecule has 0 fully saturated rings. The minimum atomic E-state index is -1.07. The van der Waals surface area contributed by atoms with Crippen molar-refractivity contribution in [1.29, 1.82) is 0 Å². The van der Waals surface area contributed by atoms with Crippen LogP contribution in [-0.2, 0) is 19.1 Å². The molecule has 0 aromatic carbocycles. The van der Waals surface area contributed by atoms with E-state index in [9.17, 15) is 14.7 Å². The Bertz CT molecular complexity index is 731. The Morgan fingerprint density at radius 3 is 2.12 bits per heavy atom. The number of rotatable bonds is 17. The van der Waals surface area contributed by atoms with Gasteiger partial charge in [0.05, 0.1) is 6.10 Å². The highest BCUT2D eigenvalue weighted by molar-refractivity contribution is 5.86. The predicted molar refractivity (Wildman–Crippen MR) is 141 cm³/mol. The van der Waals surface area contributed by atoms with Gasteiger partial charge in [0.15, 0.2) is 5.78 Å². The molecular weight excluding hydrogens is 428 g/mol. The molecule has 0 heterocycles. The Balaban J connectivity index is 4.99. The molecule has 34 heavy (non-hydrogen) atoms. The van der Waals surface area contributed by atoms with Crippen molar-refractivity contribution in [2.24, 2.45) is 17.8 Å². The summed E-state index contributed by atoms with van der Waals surface area (Å²) in [5, 5.41) is 10.7. The molecule has 0 spiro atoms. The van der Waals surface area contributed by atoms with Gasteiger partial charge in [-0.05, 0) is 43.8 Å². The summed E-state index contributed by atoms with van der Waals surface area (Å²) >= 11 is 0. The molecule has 0 rings (SSSR count). The van der Waals surface area contributed by atoms with E-state index in [0.717, 1.165) is 12.8 Å². The summed E-state index contributed by atoms with van der Waals surface area (Å²) in [6.45, 7) is 13.5. The monoisotopic (exact) mass is 476 g/mol. The molecule has 5 nitrogen and oxygen atoms in total. The SMILES string of the molecule is CCC[C@H](OC)/C(C)=C/C=C/C=C/[C@@H](C)C[C@@H](C)C(=O)[C@H](OC)[C@H](O)/C(C)=C/[C@@H](C)C(=O)CC. The largest absolute Gasteiger partial charge is 0.386 e. The highest BCUT2D eigenvalue weighted by atomic mass is 16.5. The standard InChI is InChI=1S/C29H48O5/c1-10-15-26(33-8)21(4)17-14-12-13-16-20(3)18-23(6)27(31)29(34-9)28(32)24(7)19-22(5)25(30)11-2/h12-14,16-17,19-20,22-23,26,28-29,32H,10-11,15,18H2,1-9H3/b14-12+,16-13+,21-17+,24-19+/t20-,22-,23-,26+,28-,29+/m1/s1. The fourth-order valence-electron chi connectivity index (χ4n) is 4.01. The maximum Gasteiger partial charge on any atom is 0.167 e. The third-order valence-electron chi connectivity index (χ3n) is 6.23. The molecule has 0 unspecified atom stereocenters. The number of ketones is 2. The van der Waals surface area contributed by atoms with Gasteiger partial charge in [-0.3, -0.25) is 9.59 Å². The molecule has 0 aliphatic carbocycles. The zero-order valence-electron chi connectivity index (χ0n) is 22.8. The second kappa shape index (κ2) is 17.6. The van der Waals surface area contributed by atoms with Crippen LogP contribution in [0.15, 0.2) is 47.6 Å². The molecular formula is C29H48O5. The first-order chi connectivity index (χ1) is 16.0. The summed E-state index contributed by atoms with van der Waals surface area (Å²) in [6.07, 6.45) is 13.2. The van der Waals surface area contributed by atoms with Crippen molar-refractivity contribution in [2.45, 2.75) is 92.5 Å². The lowest BCUT2D eigenvalue weighted by molar-refractivity contribution is -0.138. The molecule has 0 radical (unpaired) electrons. The summed E-state index contributed by atoms with van der Waals surface area (Å²) in [5.74, 6) is -0.417. The summed E-state index contributed by atoms with van der Waals surface area (Å²) in [5.41, 5.74) is 1.78. The van der Waals surface area contributed by atoms with Crippen molar-refractivity contribution in [2.75, 3.05) is 14.2 Å². The lowest BCUT2D eigenvalue weighted by atomic mass is 9.87. The minimum Gasteiger partial charge on any atom is -0.386 e. The van der Waals surface area contributed by atoms with Gasteiger partial charge in [-0.15, -0.1) is 0 Å². The Morgan fingerprint density at radius 1 is 0.941 bits per heavy atom. The minimum absolute atomic E-state index is 0.0972. The number of methoxy groups -OCH3 is 2. The highest BCUT2D eigenvalue weighted by Gasteiger charge is 2.31. The van der Waals surface area contributed by atoms with Crippen LogP contribution in [0.4, 0.5) is 0 Å². The van der Waals surface area contributed by atoms with E-state index in [1.54, 1.807) is 27.0 Å². The van der Waals surface area contributed by atoms with E-state index in [2.05, 4.69) is 32.9 Å². The van der Waals surface area contributed by atoms with Crippen LogP contribution in [0.25, 0.3) is 0 Å². The molecule has 5 heteroatoms. The van der Waals surface area contributed by atoms with E-state index in [4.69, 9.17) is 9.47 Å². The topological polar surface area (TPSA) is 72.8 Å². The quantitative estimate of drug-likeness (QED) is 0.205. The van der Waals surface area contributed by atoms with Crippen LogP contribution >= 0.6 is 0 Å². The number of ether oxygens (including phenoxy) is 2. The van der Waals surface area contributed by atoms with E-state index >= 15 is 0 Å². The summed E-state index contributed by atoms with van der Waals surface area (Å²) in [4.78, 5) is 24.9. The average molecular weight is 477 g/mol. The molecule has 0 bridgehead atoms. The van der Waals surface area contributed by atoms with E-state index < -0.39 is 12.2 Å².